The zero-order chi connectivity index (χ0) is 18.4. The smallest absolute Gasteiger partial charge is 0.319 e. The summed E-state index contributed by atoms with van der Waals surface area (Å²) in [6, 6.07) is 7.50. The van der Waals surface area contributed by atoms with Crippen molar-refractivity contribution < 1.29 is 9.90 Å². The van der Waals surface area contributed by atoms with Gasteiger partial charge in [-0.25, -0.2) is 9.78 Å². The summed E-state index contributed by atoms with van der Waals surface area (Å²) in [6.07, 6.45) is 4.28. The van der Waals surface area contributed by atoms with Crippen molar-refractivity contribution >= 4 is 11.7 Å². The van der Waals surface area contributed by atoms with Crippen LogP contribution >= 0.6 is 0 Å². The van der Waals surface area contributed by atoms with E-state index in [0.29, 0.717) is 18.9 Å². The Hall–Kier alpha value is -2.34. The molecule has 0 aliphatic rings. The van der Waals surface area contributed by atoms with Crippen LogP contribution in [0.4, 0.5) is 10.5 Å². The molecule has 0 saturated carbocycles. The number of aliphatic hydroxyl groups excluding tert-OH is 1. The molecule has 0 aliphatic heterocycles. The number of nitrogens with zero attached hydrogens (tertiary/aromatic N) is 2. The first-order chi connectivity index (χ1) is 11.8. The minimum atomic E-state index is -0.459. The van der Waals surface area contributed by atoms with Crippen molar-refractivity contribution in [3.63, 3.8) is 0 Å². The molecule has 1 aromatic carbocycles. The number of carbonyl (C=O) groups is 1. The lowest BCUT2D eigenvalue weighted by molar-refractivity contribution is 0.218. The molecule has 1 heterocycles. The van der Waals surface area contributed by atoms with Gasteiger partial charge in [0.15, 0.2) is 0 Å². The number of aromatic nitrogens is 2. The molecule has 2 amide bonds. The fourth-order valence-electron chi connectivity index (χ4n) is 2.71. The highest BCUT2D eigenvalue weighted by molar-refractivity contribution is 5.89. The second-order valence-corrected chi connectivity index (χ2v) is 7.21. The van der Waals surface area contributed by atoms with Gasteiger partial charge >= 0.3 is 6.03 Å². The summed E-state index contributed by atoms with van der Waals surface area (Å²) in [5.41, 5.74) is 1.37. The SMILES string of the molecule is CC(C)c1nccn1Cc1cccc(NC(=O)NC(C)(C)CCO)c1. The number of benzene rings is 1. The van der Waals surface area contributed by atoms with Crippen LogP contribution in [0.2, 0.25) is 0 Å². The van der Waals surface area contributed by atoms with Crippen LogP contribution < -0.4 is 10.6 Å². The average molecular weight is 344 g/mol. The maximum Gasteiger partial charge on any atom is 0.319 e. The van der Waals surface area contributed by atoms with Gasteiger partial charge in [0, 0.05) is 42.7 Å². The number of hydrogen-bond acceptors (Lipinski definition) is 3. The lowest BCUT2D eigenvalue weighted by atomic mass is 10.0. The summed E-state index contributed by atoms with van der Waals surface area (Å²) >= 11 is 0. The first-order valence-corrected chi connectivity index (χ1v) is 8.61. The number of aliphatic hydroxyl groups is 1. The van der Waals surface area contributed by atoms with E-state index in [9.17, 15) is 4.79 Å². The van der Waals surface area contributed by atoms with E-state index in [1.807, 2.05) is 50.5 Å². The number of hydrogen-bond donors (Lipinski definition) is 3. The summed E-state index contributed by atoms with van der Waals surface area (Å²) in [7, 11) is 0. The number of amides is 2. The van der Waals surface area contributed by atoms with Crippen molar-refractivity contribution in [3.05, 3.63) is 48.0 Å². The van der Waals surface area contributed by atoms with E-state index in [1.165, 1.54) is 0 Å². The number of urea groups is 1. The molecular weight excluding hydrogens is 316 g/mol. The van der Waals surface area contributed by atoms with Gasteiger partial charge in [0.2, 0.25) is 0 Å². The van der Waals surface area contributed by atoms with Crippen molar-refractivity contribution in [2.24, 2.45) is 0 Å². The van der Waals surface area contributed by atoms with Gasteiger partial charge in [-0.15, -0.1) is 0 Å². The highest BCUT2D eigenvalue weighted by atomic mass is 16.3. The van der Waals surface area contributed by atoms with Gasteiger partial charge in [0.05, 0.1) is 0 Å². The number of anilines is 1. The van der Waals surface area contributed by atoms with E-state index in [0.717, 1.165) is 17.1 Å². The minimum absolute atomic E-state index is 0.0336. The summed E-state index contributed by atoms with van der Waals surface area (Å²) < 4.78 is 2.12. The number of rotatable bonds is 7. The molecule has 1 aromatic heterocycles. The van der Waals surface area contributed by atoms with E-state index in [-0.39, 0.29) is 12.6 Å². The van der Waals surface area contributed by atoms with Crippen molar-refractivity contribution in [3.8, 4) is 0 Å². The molecule has 25 heavy (non-hydrogen) atoms. The molecule has 2 rings (SSSR count). The standard InChI is InChI=1S/C19H28N4O2/c1-14(2)17-20-9-10-23(17)13-15-6-5-7-16(12-15)21-18(25)22-19(3,4)8-11-24/h5-7,9-10,12,14,24H,8,11,13H2,1-4H3,(H2,21,22,25). The van der Waals surface area contributed by atoms with Crippen molar-refractivity contribution in [2.75, 3.05) is 11.9 Å². The molecule has 2 aromatic rings. The molecule has 136 valence electrons. The zero-order valence-electron chi connectivity index (χ0n) is 15.4. The molecule has 0 spiro atoms. The quantitative estimate of drug-likeness (QED) is 0.721. The van der Waals surface area contributed by atoms with Crippen LogP contribution in [-0.2, 0) is 6.54 Å². The molecule has 0 radical (unpaired) electrons. The van der Waals surface area contributed by atoms with Gasteiger partial charge < -0.3 is 20.3 Å². The van der Waals surface area contributed by atoms with Crippen LogP contribution in [0, 0.1) is 0 Å². The average Bonchev–Trinajstić information content (AvgIpc) is 2.95. The molecule has 6 heteroatoms. The largest absolute Gasteiger partial charge is 0.396 e. The van der Waals surface area contributed by atoms with Crippen LogP contribution in [0.15, 0.2) is 36.7 Å². The molecule has 0 aliphatic carbocycles. The third-order valence-electron chi connectivity index (χ3n) is 3.99. The van der Waals surface area contributed by atoms with Gasteiger partial charge in [-0.2, -0.15) is 0 Å². The van der Waals surface area contributed by atoms with Crippen molar-refractivity contribution in [1.82, 2.24) is 14.9 Å². The number of imidazole rings is 1. The molecule has 6 nitrogen and oxygen atoms in total. The van der Waals surface area contributed by atoms with Crippen LogP contribution in [0.5, 0.6) is 0 Å². The highest BCUT2D eigenvalue weighted by Gasteiger charge is 2.19. The summed E-state index contributed by atoms with van der Waals surface area (Å²) in [5, 5.41) is 14.8. The van der Waals surface area contributed by atoms with Gasteiger partial charge in [0.25, 0.3) is 0 Å². The Kier molecular flexibility index (Phi) is 6.20. The van der Waals surface area contributed by atoms with Crippen LogP contribution in [-0.4, -0.2) is 32.8 Å². The Morgan fingerprint density at radius 3 is 2.80 bits per heavy atom. The van der Waals surface area contributed by atoms with Crippen molar-refractivity contribution in [2.45, 2.75) is 52.1 Å². The third kappa shape index (κ3) is 5.60. The van der Waals surface area contributed by atoms with Crippen molar-refractivity contribution in [1.29, 1.82) is 0 Å². The summed E-state index contributed by atoms with van der Waals surface area (Å²) in [6.45, 7) is 8.74. The topological polar surface area (TPSA) is 79.2 Å². The fourth-order valence-corrected chi connectivity index (χ4v) is 2.71. The fraction of sp³-hybridized carbons (Fsp3) is 0.474. The zero-order valence-corrected chi connectivity index (χ0v) is 15.4. The van der Waals surface area contributed by atoms with Crippen LogP contribution in [0.1, 0.15) is 51.4 Å². The van der Waals surface area contributed by atoms with E-state index >= 15 is 0 Å². The first kappa shape index (κ1) is 19.0. The predicted octanol–water partition coefficient (Wildman–Crippen LogP) is 3.34. The van der Waals surface area contributed by atoms with E-state index < -0.39 is 5.54 Å². The maximum absolute atomic E-state index is 12.2. The molecule has 0 bridgehead atoms. The Morgan fingerprint density at radius 1 is 1.36 bits per heavy atom. The number of carbonyl (C=O) groups excluding carboxylic acids is 1. The summed E-state index contributed by atoms with van der Waals surface area (Å²) in [4.78, 5) is 16.6. The number of nitrogens with one attached hydrogen (secondary N) is 2. The highest BCUT2D eigenvalue weighted by Crippen LogP contribution is 2.17. The van der Waals surface area contributed by atoms with Gasteiger partial charge in [-0.3, -0.25) is 0 Å². The van der Waals surface area contributed by atoms with Crippen LogP contribution in [0.3, 0.4) is 0 Å². The van der Waals surface area contributed by atoms with Gasteiger partial charge in [-0.05, 0) is 38.0 Å². The van der Waals surface area contributed by atoms with Gasteiger partial charge in [0.1, 0.15) is 5.82 Å². The van der Waals surface area contributed by atoms with E-state index in [1.54, 1.807) is 0 Å². The van der Waals surface area contributed by atoms with E-state index in [2.05, 4.69) is 34.0 Å². The normalized spacial score (nSPS) is 11.6. The third-order valence-corrected chi connectivity index (χ3v) is 3.99. The Labute approximate surface area is 149 Å². The van der Waals surface area contributed by atoms with Crippen LogP contribution in [0.25, 0.3) is 0 Å². The molecular formula is C19H28N4O2. The Morgan fingerprint density at radius 2 is 2.12 bits per heavy atom. The lowest BCUT2D eigenvalue weighted by Gasteiger charge is -2.25. The molecule has 0 atom stereocenters. The van der Waals surface area contributed by atoms with Gasteiger partial charge in [-0.1, -0.05) is 26.0 Å². The predicted molar refractivity (Wildman–Crippen MR) is 99.8 cm³/mol. The summed E-state index contributed by atoms with van der Waals surface area (Å²) in [5.74, 6) is 1.40. The monoisotopic (exact) mass is 344 g/mol. The minimum Gasteiger partial charge on any atom is -0.396 e. The second kappa shape index (κ2) is 8.16. The first-order valence-electron chi connectivity index (χ1n) is 8.61. The molecule has 3 N–H and O–H groups in total. The molecule has 0 fully saturated rings. The van der Waals surface area contributed by atoms with E-state index in [4.69, 9.17) is 5.11 Å². The second-order valence-electron chi connectivity index (χ2n) is 7.21. The Bertz CT molecular complexity index is 707. The molecule has 0 unspecified atom stereocenters. The Balaban J connectivity index is 2.04. The molecule has 0 saturated heterocycles. The maximum atomic E-state index is 12.2. The lowest BCUT2D eigenvalue weighted by Crippen LogP contribution is -2.46.